The lowest BCUT2D eigenvalue weighted by Crippen LogP contribution is -2.06. The number of rotatable bonds is 9. The van der Waals surface area contributed by atoms with Gasteiger partial charge >= 0.3 is 0 Å². The van der Waals surface area contributed by atoms with Gasteiger partial charge in [0, 0.05) is 0 Å². The van der Waals surface area contributed by atoms with Crippen molar-refractivity contribution in [1.29, 1.82) is 0 Å². The Kier molecular flexibility index (Phi) is 6.84. The van der Waals surface area contributed by atoms with Gasteiger partial charge in [-0.1, -0.05) is 47.2 Å². The van der Waals surface area contributed by atoms with Crippen LogP contribution in [0.2, 0.25) is 0 Å². The van der Waals surface area contributed by atoms with Gasteiger partial charge in [0.25, 0.3) is 5.19 Å². The van der Waals surface area contributed by atoms with Gasteiger partial charge in [-0.3, -0.25) is 0 Å². The Morgan fingerprint density at radius 1 is 1.14 bits per heavy atom. The molecule has 0 N–H and O–H groups in total. The van der Waals surface area contributed by atoms with Crippen molar-refractivity contribution in [2.45, 2.75) is 17.4 Å². The third-order valence-electron chi connectivity index (χ3n) is 2.29. The summed E-state index contributed by atoms with van der Waals surface area (Å²) in [6, 6.07) is 9.83. The number of benzene rings is 1. The molecule has 1 heterocycles. The summed E-state index contributed by atoms with van der Waals surface area (Å²) in [6.07, 6.45) is -2.35. The zero-order valence-corrected chi connectivity index (χ0v) is 12.7. The summed E-state index contributed by atoms with van der Waals surface area (Å²) >= 11 is 2.13. The van der Waals surface area contributed by atoms with Crippen molar-refractivity contribution in [2.75, 3.05) is 19.0 Å². The molecule has 0 saturated heterocycles. The number of halogens is 2. The summed E-state index contributed by atoms with van der Waals surface area (Å²) < 4.78 is 35.4. The molecule has 0 radical (unpaired) electrons. The molecule has 1 aromatic heterocycles. The van der Waals surface area contributed by atoms with E-state index in [1.165, 1.54) is 0 Å². The van der Waals surface area contributed by atoms with Crippen molar-refractivity contribution < 1.29 is 18.3 Å². The third-order valence-corrected chi connectivity index (χ3v) is 4.27. The molecule has 4 nitrogen and oxygen atoms in total. The smallest absolute Gasteiger partial charge is 0.294 e. The maximum Gasteiger partial charge on any atom is 0.294 e. The zero-order valence-electron chi connectivity index (χ0n) is 11.1. The van der Waals surface area contributed by atoms with Gasteiger partial charge in [0.05, 0.1) is 19.0 Å². The number of aromatic nitrogens is 2. The fourth-order valence-corrected chi connectivity index (χ4v) is 2.88. The molecule has 1 aromatic carbocycles. The Morgan fingerprint density at radius 2 is 1.95 bits per heavy atom. The van der Waals surface area contributed by atoms with Crippen LogP contribution in [-0.2, 0) is 11.3 Å². The van der Waals surface area contributed by atoms with Crippen LogP contribution in [0.15, 0.2) is 34.7 Å². The van der Waals surface area contributed by atoms with E-state index in [9.17, 15) is 8.78 Å². The van der Waals surface area contributed by atoms with E-state index < -0.39 is 6.43 Å². The van der Waals surface area contributed by atoms with Gasteiger partial charge in [0.2, 0.25) is 6.43 Å². The Morgan fingerprint density at radius 3 is 2.71 bits per heavy atom. The van der Waals surface area contributed by atoms with E-state index in [2.05, 4.69) is 10.2 Å². The Hall–Kier alpha value is -1.25. The summed E-state index contributed by atoms with van der Waals surface area (Å²) in [5.41, 5.74) is 1.10. The van der Waals surface area contributed by atoms with E-state index in [0.717, 1.165) is 28.7 Å². The molecule has 0 fully saturated rings. The van der Waals surface area contributed by atoms with Crippen LogP contribution in [0.5, 0.6) is 5.19 Å². The highest BCUT2D eigenvalue weighted by Gasteiger charge is 2.09. The van der Waals surface area contributed by atoms with Gasteiger partial charge in [-0.15, -0.1) is 5.10 Å². The van der Waals surface area contributed by atoms with Gasteiger partial charge in [-0.25, -0.2) is 8.78 Å². The van der Waals surface area contributed by atoms with E-state index in [1.54, 1.807) is 0 Å². The van der Waals surface area contributed by atoms with Crippen LogP contribution in [0.1, 0.15) is 5.56 Å². The first-order chi connectivity index (χ1) is 10.2. The molecule has 0 aliphatic rings. The maximum atomic E-state index is 12.0. The predicted octanol–water partition coefficient (Wildman–Crippen LogP) is 3.49. The van der Waals surface area contributed by atoms with E-state index in [0.29, 0.717) is 29.4 Å². The van der Waals surface area contributed by atoms with Crippen LogP contribution < -0.4 is 4.74 Å². The van der Waals surface area contributed by atoms with Crippen molar-refractivity contribution in [3.63, 3.8) is 0 Å². The molecule has 2 rings (SSSR count). The summed E-state index contributed by atoms with van der Waals surface area (Å²) in [4.78, 5) is 0. The van der Waals surface area contributed by atoms with Crippen molar-refractivity contribution in [3.05, 3.63) is 35.9 Å². The summed E-state index contributed by atoms with van der Waals surface area (Å²) in [6.45, 7) is 1.30. The SMILES string of the molecule is FC(F)CSc1nnc(OCCOCc2ccccc2)s1. The third kappa shape index (κ3) is 6.36. The van der Waals surface area contributed by atoms with Crippen LogP contribution in [0.3, 0.4) is 0 Å². The summed E-state index contributed by atoms with van der Waals surface area (Å²) in [5.74, 6) is -0.283. The highest BCUT2D eigenvalue weighted by molar-refractivity contribution is 8.01. The Labute approximate surface area is 129 Å². The van der Waals surface area contributed by atoms with Crippen LogP contribution in [-0.4, -0.2) is 35.6 Å². The molecule has 0 unspecified atom stereocenters. The van der Waals surface area contributed by atoms with E-state index >= 15 is 0 Å². The second kappa shape index (κ2) is 8.91. The lowest BCUT2D eigenvalue weighted by molar-refractivity contribution is 0.0886. The fraction of sp³-hybridized carbons (Fsp3) is 0.385. The van der Waals surface area contributed by atoms with Gasteiger partial charge < -0.3 is 9.47 Å². The van der Waals surface area contributed by atoms with E-state index in [4.69, 9.17) is 9.47 Å². The minimum absolute atomic E-state index is 0.283. The molecule has 2 aromatic rings. The largest absolute Gasteiger partial charge is 0.466 e. The summed E-state index contributed by atoms with van der Waals surface area (Å²) in [5, 5.41) is 7.91. The van der Waals surface area contributed by atoms with Crippen molar-refractivity contribution in [2.24, 2.45) is 0 Å². The number of thioether (sulfide) groups is 1. The van der Waals surface area contributed by atoms with Gasteiger partial charge in [0.15, 0.2) is 4.34 Å². The quantitative estimate of drug-likeness (QED) is 0.519. The topological polar surface area (TPSA) is 44.2 Å². The number of nitrogens with zero attached hydrogens (tertiary/aromatic N) is 2. The number of ether oxygens (including phenoxy) is 2. The molecule has 0 spiro atoms. The Balaban J connectivity index is 1.60. The van der Waals surface area contributed by atoms with Gasteiger partial charge in [0.1, 0.15) is 6.61 Å². The van der Waals surface area contributed by atoms with Crippen LogP contribution in [0, 0.1) is 0 Å². The second-order valence-corrected chi connectivity index (χ2v) is 6.13. The summed E-state index contributed by atoms with van der Waals surface area (Å²) in [7, 11) is 0. The van der Waals surface area contributed by atoms with Gasteiger partial charge in [-0.2, -0.15) is 0 Å². The number of alkyl halides is 2. The van der Waals surface area contributed by atoms with Crippen LogP contribution >= 0.6 is 23.1 Å². The van der Waals surface area contributed by atoms with E-state index in [-0.39, 0.29) is 5.75 Å². The molecular formula is C13H14F2N2O2S2. The van der Waals surface area contributed by atoms with Gasteiger partial charge in [-0.05, 0) is 16.9 Å². The highest BCUT2D eigenvalue weighted by Crippen LogP contribution is 2.27. The van der Waals surface area contributed by atoms with Crippen molar-refractivity contribution in [3.8, 4) is 5.19 Å². The fourth-order valence-electron chi connectivity index (χ4n) is 1.40. The Bertz CT molecular complexity index is 526. The molecule has 0 saturated carbocycles. The first-order valence-electron chi connectivity index (χ1n) is 6.23. The van der Waals surface area contributed by atoms with Crippen LogP contribution in [0.25, 0.3) is 0 Å². The molecular weight excluding hydrogens is 318 g/mol. The van der Waals surface area contributed by atoms with Crippen molar-refractivity contribution >= 4 is 23.1 Å². The zero-order chi connectivity index (χ0) is 14.9. The lowest BCUT2D eigenvalue weighted by Gasteiger charge is -2.04. The van der Waals surface area contributed by atoms with Crippen molar-refractivity contribution in [1.82, 2.24) is 10.2 Å². The minimum Gasteiger partial charge on any atom is -0.466 e. The molecule has 0 bridgehead atoms. The minimum atomic E-state index is -2.35. The lowest BCUT2D eigenvalue weighted by atomic mass is 10.2. The monoisotopic (exact) mass is 332 g/mol. The standard InChI is InChI=1S/C13H14F2N2O2S2/c14-11(15)9-20-13-17-16-12(21-13)19-7-6-18-8-10-4-2-1-3-5-10/h1-5,11H,6-9H2. The number of hydrogen-bond acceptors (Lipinski definition) is 6. The molecule has 0 aliphatic heterocycles. The number of hydrogen-bond donors (Lipinski definition) is 0. The molecule has 0 aliphatic carbocycles. The first kappa shape index (κ1) is 16.1. The maximum absolute atomic E-state index is 12.0. The predicted molar refractivity (Wildman–Crippen MR) is 78.2 cm³/mol. The molecule has 0 atom stereocenters. The molecule has 0 amide bonds. The molecule has 21 heavy (non-hydrogen) atoms. The highest BCUT2D eigenvalue weighted by atomic mass is 32.2. The molecule has 114 valence electrons. The first-order valence-corrected chi connectivity index (χ1v) is 8.03. The van der Waals surface area contributed by atoms with Crippen LogP contribution in [0.4, 0.5) is 8.78 Å². The average Bonchev–Trinajstić information content (AvgIpc) is 2.94. The average molecular weight is 332 g/mol. The molecule has 8 heteroatoms. The second-order valence-electron chi connectivity index (χ2n) is 3.92. The van der Waals surface area contributed by atoms with E-state index in [1.807, 2.05) is 30.3 Å². The normalized spacial score (nSPS) is 11.0.